The average Bonchev–Trinajstić information content (AvgIpc) is 2.92. The lowest BCUT2D eigenvalue weighted by Gasteiger charge is -2.39. The molecule has 0 amide bonds. The van der Waals surface area contributed by atoms with E-state index in [4.69, 9.17) is 13.6 Å². The van der Waals surface area contributed by atoms with Gasteiger partial charge in [0.05, 0.1) is 17.8 Å². The zero-order valence-electron chi connectivity index (χ0n) is 29.4. The maximum absolute atomic E-state index is 10.6. The summed E-state index contributed by atoms with van der Waals surface area (Å²) < 4.78 is 19.9. The number of hydrogen-bond donors (Lipinski definition) is 1. The smallest absolute Gasteiger partial charge is 0.171 e. The third-order valence-electron chi connectivity index (χ3n) is 7.78. The minimum atomic E-state index is -1.34. The lowest BCUT2D eigenvalue weighted by Crippen LogP contribution is -2.31. The fourth-order valence-electron chi connectivity index (χ4n) is 5.17. The number of rotatable bonds is 14. The number of aliphatic hydroxyl groups is 1. The molecule has 0 aliphatic carbocycles. The molecule has 0 spiro atoms. The van der Waals surface area contributed by atoms with Gasteiger partial charge in [-0.25, -0.2) is 0 Å². The standard InChI is InChI=1S/C37H60O4Si2/c1-14-37(38,15-2)23-17-18-27(3)29-20-16-19-28(24-29)26-39-30-21-22-31(33(35(4,5)6)40-42(10)11)32(25-30)34(36(7,8)9)41-43(12)13/h16-25,33-34,38,42-43H,14-15,26H2,1-13H3. The summed E-state index contributed by atoms with van der Waals surface area (Å²) in [6, 6.07) is 15.0. The Morgan fingerprint density at radius 3 is 1.88 bits per heavy atom. The summed E-state index contributed by atoms with van der Waals surface area (Å²) in [7, 11) is -2.64. The molecule has 43 heavy (non-hydrogen) atoms. The van der Waals surface area contributed by atoms with Gasteiger partial charge in [-0.3, -0.25) is 0 Å². The Bertz CT molecular complexity index is 1210. The van der Waals surface area contributed by atoms with Gasteiger partial charge in [-0.05, 0) is 103 Å². The quantitative estimate of drug-likeness (QED) is 0.168. The number of hydrogen-bond acceptors (Lipinski definition) is 4. The molecule has 0 aliphatic heterocycles. The summed E-state index contributed by atoms with van der Waals surface area (Å²) in [5.41, 5.74) is 4.90. The van der Waals surface area contributed by atoms with E-state index in [-0.39, 0.29) is 23.0 Å². The largest absolute Gasteiger partial charge is 0.489 e. The third-order valence-corrected chi connectivity index (χ3v) is 9.41. The Hall–Kier alpha value is -1.97. The highest BCUT2D eigenvalue weighted by Gasteiger charge is 2.36. The highest BCUT2D eigenvalue weighted by atomic mass is 28.3. The Morgan fingerprint density at radius 1 is 0.814 bits per heavy atom. The van der Waals surface area contributed by atoms with Crippen LogP contribution < -0.4 is 4.74 Å². The molecule has 6 heteroatoms. The van der Waals surface area contributed by atoms with Crippen LogP contribution in [0.1, 0.15) is 110 Å². The summed E-state index contributed by atoms with van der Waals surface area (Å²) in [6.45, 7) is 29.1. The molecule has 2 atom stereocenters. The van der Waals surface area contributed by atoms with Crippen molar-refractivity contribution in [2.45, 2.75) is 126 Å². The van der Waals surface area contributed by atoms with Crippen LogP contribution in [0, 0.1) is 10.8 Å². The lowest BCUT2D eigenvalue weighted by molar-refractivity contribution is 0.0653. The van der Waals surface area contributed by atoms with Gasteiger partial charge in [-0.1, -0.05) is 97.9 Å². The molecule has 2 aromatic rings. The maximum Gasteiger partial charge on any atom is 0.171 e. The molecule has 2 rings (SSSR count). The first kappa shape index (κ1) is 37.2. The number of ether oxygens (including phenoxy) is 1. The molecule has 2 aromatic carbocycles. The molecule has 2 unspecified atom stereocenters. The zero-order chi connectivity index (χ0) is 32.6. The fourth-order valence-corrected chi connectivity index (χ4v) is 7.37. The molecule has 0 bridgehead atoms. The van der Waals surface area contributed by atoms with Crippen molar-refractivity contribution in [3.05, 3.63) is 82.9 Å². The Morgan fingerprint density at radius 2 is 1.37 bits per heavy atom. The second-order valence-corrected chi connectivity index (χ2v) is 19.4. The second-order valence-electron chi connectivity index (χ2n) is 14.7. The van der Waals surface area contributed by atoms with Gasteiger partial charge in [0.1, 0.15) is 12.4 Å². The fraction of sp³-hybridized carbons (Fsp3) is 0.568. The predicted molar refractivity (Wildman–Crippen MR) is 190 cm³/mol. The molecule has 0 radical (unpaired) electrons. The Balaban J connectivity index is 2.44. The van der Waals surface area contributed by atoms with E-state index in [0.717, 1.165) is 22.4 Å². The molecule has 4 nitrogen and oxygen atoms in total. The van der Waals surface area contributed by atoms with Crippen LogP contribution in [-0.2, 0) is 15.5 Å². The molecule has 1 N–H and O–H groups in total. The van der Waals surface area contributed by atoms with E-state index < -0.39 is 23.7 Å². The molecular weight excluding hydrogens is 565 g/mol. The van der Waals surface area contributed by atoms with E-state index >= 15 is 0 Å². The van der Waals surface area contributed by atoms with Crippen LogP contribution in [0.4, 0.5) is 0 Å². The van der Waals surface area contributed by atoms with Crippen molar-refractivity contribution < 1.29 is 18.7 Å². The normalized spacial score (nSPS) is 15.0. The summed E-state index contributed by atoms with van der Waals surface area (Å²) in [5.74, 6) is 0.843. The van der Waals surface area contributed by atoms with Crippen LogP contribution in [0.3, 0.4) is 0 Å². The minimum Gasteiger partial charge on any atom is -0.489 e. The van der Waals surface area contributed by atoms with Crippen molar-refractivity contribution in [1.29, 1.82) is 0 Å². The van der Waals surface area contributed by atoms with Crippen molar-refractivity contribution in [1.82, 2.24) is 0 Å². The first-order valence-electron chi connectivity index (χ1n) is 16.2. The molecule has 0 saturated heterocycles. The molecular formula is C37H60O4Si2. The van der Waals surface area contributed by atoms with Crippen LogP contribution >= 0.6 is 0 Å². The van der Waals surface area contributed by atoms with Gasteiger partial charge in [0.15, 0.2) is 18.1 Å². The van der Waals surface area contributed by atoms with Gasteiger partial charge in [0.25, 0.3) is 0 Å². The molecule has 0 heterocycles. The average molecular weight is 625 g/mol. The highest BCUT2D eigenvalue weighted by Crippen LogP contribution is 2.46. The van der Waals surface area contributed by atoms with Crippen molar-refractivity contribution in [3.8, 4) is 5.75 Å². The van der Waals surface area contributed by atoms with E-state index in [1.807, 2.05) is 26.0 Å². The monoisotopic (exact) mass is 624 g/mol. The third kappa shape index (κ3) is 11.5. The Labute approximate surface area is 267 Å². The summed E-state index contributed by atoms with van der Waals surface area (Å²) in [4.78, 5) is 0. The van der Waals surface area contributed by atoms with Crippen LogP contribution in [0.5, 0.6) is 5.75 Å². The van der Waals surface area contributed by atoms with Gasteiger partial charge in [-0.2, -0.15) is 0 Å². The minimum absolute atomic E-state index is 0.0170. The van der Waals surface area contributed by atoms with E-state index in [1.54, 1.807) is 0 Å². The van der Waals surface area contributed by atoms with Gasteiger partial charge >= 0.3 is 0 Å². The van der Waals surface area contributed by atoms with Gasteiger partial charge < -0.3 is 18.7 Å². The maximum atomic E-state index is 10.6. The topological polar surface area (TPSA) is 47.9 Å². The molecule has 0 aliphatic rings. The van der Waals surface area contributed by atoms with Crippen LogP contribution in [0.15, 0.2) is 60.7 Å². The van der Waals surface area contributed by atoms with E-state index in [1.165, 1.54) is 11.1 Å². The van der Waals surface area contributed by atoms with Gasteiger partial charge in [0, 0.05) is 0 Å². The van der Waals surface area contributed by atoms with E-state index in [2.05, 4.69) is 123 Å². The predicted octanol–water partition coefficient (Wildman–Crippen LogP) is 9.95. The van der Waals surface area contributed by atoms with Gasteiger partial charge in [0.2, 0.25) is 0 Å². The summed E-state index contributed by atoms with van der Waals surface area (Å²) in [5, 5.41) is 10.6. The number of benzene rings is 2. The van der Waals surface area contributed by atoms with Crippen LogP contribution in [0.25, 0.3) is 5.57 Å². The number of allylic oxidation sites excluding steroid dienone is 3. The molecule has 0 saturated carbocycles. The summed E-state index contributed by atoms with van der Waals surface area (Å²) in [6.07, 6.45) is 7.28. The van der Waals surface area contributed by atoms with Crippen LogP contribution in [0.2, 0.25) is 26.2 Å². The summed E-state index contributed by atoms with van der Waals surface area (Å²) >= 11 is 0. The lowest BCUT2D eigenvalue weighted by atomic mass is 9.77. The molecule has 0 aromatic heterocycles. The SMILES string of the molecule is CCC(O)(C=CC=C(C)c1cccc(COc2ccc(C(O[SiH](C)C)C(C)(C)C)c(C(O[SiH](C)C)C(C)(C)C)c2)c1)CC. The molecule has 240 valence electrons. The van der Waals surface area contributed by atoms with Crippen molar-refractivity contribution in [2.75, 3.05) is 0 Å². The first-order chi connectivity index (χ1) is 19.9. The van der Waals surface area contributed by atoms with Crippen molar-refractivity contribution in [3.63, 3.8) is 0 Å². The highest BCUT2D eigenvalue weighted by molar-refractivity contribution is 6.48. The zero-order valence-corrected chi connectivity index (χ0v) is 31.7. The van der Waals surface area contributed by atoms with Gasteiger partial charge in [-0.15, -0.1) is 0 Å². The Kier molecular flexibility index (Phi) is 13.7. The van der Waals surface area contributed by atoms with E-state index in [0.29, 0.717) is 19.4 Å². The molecule has 0 fully saturated rings. The van der Waals surface area contributed by atoms with Crippen molar-refractivity contribution >= 4 is 23.7 Å². The van der Waals surface area contributed by atoms with E-state index in [9.17, 15) is 5.11 Å². The first-order valence-corrected chi connectivity index (χ1v) is 21.7. The second kappa shape index (κ2) is 15.9. The van der Waals surface area contributed by atoms with Crippen LogP contribution in [-0.4, -0.2) is 28.8 Å². The van der Waals surface area contributed by atoms with Crippen molar-refractivity contribution in [2.24, 2.45) is 10.8 Å².